The highest BCUT2D eigenvalue weighted by Crippen LogP contribution is 2.25. The van der Waals surface area contributed by atoms with E-state index >= 15 is 0 Å². The van der Waals surface area contributed by atoms with E-state index in [9.17, 15) is 12.8 Å². The Morgan fingerprint density at radius 3 is 2.30 bits per heavy atom. The summed E-state index contributed by atoms with van der Waals surface area (Å²) < 4.78 is 47.0. The summed E-state index contributed by atoms with van der Waals surface area (Å²) in [5.41, 5.74) is 0.937. The van der Waals surface area contributed by atoms with Crippen LogP contribution >= 0.6 is 0 Å². The summed E-state index contributed by atoms with van der Waals surface area (Å²) in [5, 5.41) is 0. The molecule has 0 aliphatic rings. The number of methoxy groups -OCH3 is 1. The molecule has 0 unspecified atom stereocenters. The van der Waals surface area contributed by atoms with E-state index in [0.29, 0.717) is 0 Å². The standard InChI is InChI=1S/C14H13FO4S/c1-10-3-6-12(7-4-10)20(16,17)19-11-5-8-13(15)14(9-11)18-2/h3-9H,1-2H3. The van der Waals surface area contributed by atoms with Gasteiger partial charge in [-0.05, 0) is 31.2 Å². The van der Waals surface area contributed by atoms with Gasteiger partial charge in [0.05, 0.1) is 7.11 Å². The number of benzene rings is 2. The lowest BCUT2D eigenvalue weighted by molar-refractivity contribution is 0.383. The van der Waals surface area contributed by atoms with E-state index < -0.39 is 15.9 Å². The molecule has 0 aliphatic heterocycles. The van der Waals surface area contributed by atoms with Crippen LogP contribution in [0.15, 0.2) is 47.4 Å². The average molecular weight is 296 g/mol. The largest absolute Gasteiger partial charge is 0.494 e. The van der Waals surface area contributed by atoms with Gasteiger partial charge in [0.15, 0.2) is 11.6 Å². The monoisotopic (exact) mass is 296 g/mol. The van der Waals surface area contributed by atoms with Crippen molar-refractivity contribution in [3.05, 3.63) is 53.8 Å². The number of hydrogen-bond donors (Lipinski definition) is 0. The lowest BCUT2D eigenvalue weighted by Gasteiger charge is -2.09. The van der Waals surface area contributed by atoms with Crippen LogP contribution in [-0.4, -0.2) is 15.5 Å². The topological polar surface area (TPSA) is 52.6 Å². The van der Waals surface area contributed by atoms with E-state index in [1.807, 2.05) is 6.92 Å². The number of halogens is 1. The zero-order chi connectivity index (χ0) is 14.8. The Bertz CT molecular complexity index is 708. The number of ether oxygens (including phenoxy) is 1. The minimum atomic E-state index is -3.95. The molecule has 2 aromatic rings. The van der Waals surface area contributed by atoms with Gasteiger partial charge in [0.25, 0.3) is 0 Å². The maximum atomic E-state index is 13.2. The molecule has 0 N–H and O–H groups in total. The summed E-state index contributed by atoms with van der Waals surface area (Å²) in [6, 6.07) is 9.73. The van der Waals surface area contributed by atoms with Crippen LogP contribution in [0.3, 0.4) is 0 Å². The summed E-state index contributed by atoms with van der Waals surface area (Å²) in [7, 11) is -2.66. The summed E-state index contributed by atoms with van der Waals surface area (Å²) in [6.45, 7) is 1.85. The highest BCUT2D eigenvalue weighted by molar-refractivity contribution is 7.87. The van der Waals surface area contributed by atoms with E-state index in [4.69, 9.17) is 8.92 Å². The fourth-order valence-electron chi connectivity index (χ4n) is 1.57. The van der Waals surface area contributed by atoms with E-state index in [0.717, 1.165) is 11.6 Å². The zero-order valence-corrected chi connectivity index (χ0v) is 11.8. The Labute approximate surface area is 116 Å². The molecular formula is C14H13FO4S. The van der Waals surface area contributed by atoms with Crippen molar-refractivity contribution in [2.45, 2.75) is 11.8 Å². The van der Waals surface area contributed by atoms with Gasteiger partial charge in [-0.3, -0.25) is 0 Å². The average Bonchev–Trinajstić information content (AvgIpc) is 2.41. The first-order valence-electron chi connectivity index (χ1n) is 5.77. The van der Waals surface area contributed by atoms with Gasteiger partial charge in [-0.1, -0.05) is 17.7 Å². The highest BCUT2D eigenvalue weighted by Gasteiger charge is 2.17. The van der Waals surface area contributed by atoms with Crippen LogP contribution in [0, 0.1) is 12.7 Å². The third-order valence-corrected chi connectivity index (χ3v) is 3.90. The smallest absolute Gasteiger partial charge is 0.339 e. The summed E-state index contributed by atoms with van der Waals surface area (Å²) in [6.07, 6.45) is 0. The van der Waals surface area contributed by atoms with Crippen molar-refractivity contribution in [2.24, 2.45) is 0 Å². The molecule has 4 nitrogen and oxygen atoms in total. The Balaban J connectivity index is 2.30. The van der Waals surface area contributed by atoms with Crippen LogP contribution in [0.1, 0.15) is 5.56 Å². The molecule has 0 aliphatic carbocycles. The number of hydrogen-bond acceptors (Lipinski definition) is 4. The fourth-order valence-corrected chi connectivity index (χ4v) is 2.49. The quantitative estimate of drug-likeness (QED) is 0.814. The first-order chi connectivity index (χ1) is 9.42. The third kappa shape index (κ3) is 3.08. The van der Waals surface area contributed by atoms with E-state index in [1.54, 1.807) is 12.1 Å². The predicted molar refractivity (Wildman–Crippen MR) is 71.9 cm³/mol. The summed E-state index contributed by atoms with van der Waals surface area (Å²) in [4.78, 5) is 0.0337. The molecule has 0 atom stereocenters. The molecule has 0 aromatic heterocycles. The normalized spacial score (nSPS) is 11.2. The molecule has 0 saturated heterocycles. The minimum absolute atomic E-state index is 0.0103. The fraction of sp³-hybridized carbons (Fsp3) is 0.143. The highest BCUT2D eigenvalue weighted by atomic mass is 32.2. The molecule has 0 amide bonds. The molecule has 0 radical (unpaired) electrons. The Morgan fingerprint density at radius 1 is 1.05 bits per heavy atom. The maximum Gasteiger partial charge on any atom is 0.339 e. The van der Waals surface area contributed by atoms with Crippen molar-refractivity contribution in [2.75, 3.05) is 7.11 Å². The van der Waals surface area contributed by atoms with Crippen LogP contribution in [0.25, 0.3) is 0 Å². The second kappa shape index (κ2) is 5.50. The minimum Gasteiger partial charge on any atom is -0.494 e. The van der Waals surface area contributed by atoms with Crippen molar-refractivity contribution in [3.63, 3.8) is 0 Å². The first-order valence-corrected chi connectivity index (χ1v) is 7.18. The van der Waals surface area contributed by atoms with Crippen molar-refractivity contribution < 1.29 is 21.7 Å². The van der Waals surface area contributed by atoms with Gasteiger partial charge in [0.1, 0.15) is 10.6 Å². The lowest BCUT2D eigenvalue weighted by Crippen LogP contribution is -2.09. The Hall–Kier alpha value is -2.08. The lowest BCUT2D eigenvalue weighted by atomic mass is 10.2. The molecule has 20 heavy (non-hydrogen) atoms. The van der Waals surface area contributed by atoms with Gasteiger partial charge < -0.3 is 8.92 Å². The molecule has 2 rings (SSSR count). The van der Waals surface area contributed by atoms with Gasteiger partial charge in [-0.15, -0.1) is 0 Å². The number of aryl methyl sites for hydroxylation is 1. The van der Waals surface area contributed by atoms with Crippen LogP contribution < -0.4 is 8.92 Å². The van der Waals surface area contributed by atoms with E-state index in [1.165, 1.54) is 31.4 Å². The third-order valence-electron chi connectivity index (χ3n) is 2.64. The molecule has 6 heteroatoms. The van der Waals surface area contributed by atoms with Gasteiger partial charge >= 0.3 is 10.1 Å². The second-order valence-electron chi connectivity index (χ2n) is 4.15. The molecule has 0 bridgehead atoms. The van der Waals surface area contributed by atoms with Gasteiger partial charge in [0, 0.05) is 6.07 Å². The van der Waals surface area contributed by atoms with E-state index in [2.05, 4.69) is 0 Å². The molecule has 0 heterocycles. The van der Waals surface area contributed by atoms with Crippen LogP contribution in [0.5, 0.6) is 11.5 Å². The summed E-state index contributed by atoms with van der Waals surface area (Å²) >= 11 is 0. The molecular weight excluding hydrogens is 283 g/mol. The molecule has 2 aromatic carbocycles. The van der Waals surface area contributed by atoms with Crippen LogP contribution in [0.4, 0.5) is 4.39 Å². The molecule has 0 spiro atoms. The van der Waals surface area contributed by atoms with Crippen LogP contribution in [0.2, 0.25) is 0 Å². The maximum absolute atomic E-state index is 13.2. The van der Waals surface area contributed by atoms with Crippen molar-refractivity contribution in [3.8, 4) is 11.5 Å². The molecule has 0 fully saturated rings. The SMILES string of the molecule is COc1cc(OS(=O)(=O)c2ccc(C)cc2)ccc1F. The Kier molecular flexibility index (Phi) is 3.94. The predicted octanol–water partition coefficient (Wildman–Crippen LogP) is 2.91. The van der Waals surface area contributed by atoms with Crippen molar-refractivity contribution >= 4 is 10.1 Å². The van der Waals surface area contributed by atoms with Gasteiger partial charge in [0.2, 0.25) is 0 Å². The second-order valence-corrected chi connectivity index (χ2v) is 5.69. The number of rotatable bonds is 4. The van der Waals surface area contributed by atoms with Crippen LogP contribution in [-0.2, 0) is 10.1 Å². The van der Waals surface area contributed by atoms with Crippen molar-refractivity contribution in [1.82, 2.24) is 0 Å². The Morgan fingerprint density at radius 2 is 1.70 bits per heavy atom. The van der Waals surface area contributed by atoms with Gasteiger partial charge in [-0.25, -0.2) is 4.39 Å². The van der Waals surface area contributed by atoms with Crippen molar-refractivity contribution in [1.29, 1.82) is 0 Å². The van der Waals surface area contributed by atoms with E-state index in [-0.39, 0.29) is 16.4 Å². The first kappa shape index (κ1) is 14.3. The molecule has 0 saturated carbocycles. The summed E-state index contributed by atoms with van der Waals surface area (Å²) in [5.74, 6) is -0.682. The zero-order valence-electron chi connectivity index (χ0n) is 11.0. The van der Waals surface area contributed by atoms with Gasteiger partial charge in [-0.2, -0.15) is 8.42 Å². The molecule has 106 valence electrons.